The molecule has 2 rings (SSSR count). The minimum absolute atomic E-state index is 0.0836. The normalized spacial score (nSPS) is 20.5. The first kappa shape index (κ1) is 17.3. The summed E-state index contributed by atoms with van der Waals surface area (Å²) in [5.41, 5.74) is 0.0344. The van der Waals surface area contributed by atoms with E-state index in [1.54, 1.807) is 4.90 Å². The maximum atomic E-state index is 12.3. The SMILES string of the molecule is CCc1ccccc1OCC(=O)N1CCC(COC)(C(=O)O)C1. The molecule has 0 radical (unpaired) electrons. The Morgan fingerprint density at radius 3 is 2.74 bits per heavy atom. The predicted octanol–water partition coefficient (Wildman–Crippen LogP) is 1.58. The molecule has 1 unspecified atom stereocenters. The third kappa shape index (κ3) is 3.82. The smallest absolute Gasteiger partial charge is 0.313 e. The standard InChI is InChI=1S/C17H23NO5/c1-3-13-6-4-5-7-14(13)23-10-15(19)18-9-8-17(11-18,12-22-2)16(20)21/h4-7H,3,8-12H2,1-2H3,(H,20,21). The third-order valence-corrected chi connectivity index (χ3v) is 4.29. The zero-order chi connectivity index (χ0) is 16.9. The molecular formula is C17H23NO5. The van der Waals surface area contributed by atoms with Crippen LogP contribution in [0.3, 0.4) is 0 Å². The first-order chi connectivity index (χ1) is 11.0. The number of aryl methyl sites for hydroxylation is 1. The van der Waals surface area contributed by atoms with Crippen LogP contribution >= 0.6 is 0 Å². The Labute approximate surface area is 136 Å². The number of hydrogen-bond donors (Lipinski definition) is 1. The number of likely N-dealkylation sites (tertiary alicyclic amines) is 1. The van der Waals surface area contributed by atoms with Crippen LogP contribution < -0.4 is 4.74 Å². The lowest BCUT2D eigenvalue weighted by Crippen LogP contribution is -2.41. The molecule has 1 heterocycles. The number of carbonyl (C=O) groups excluding carboxylic acids is 1. The molecule has 1 fully saturated rings. The summed E-state index contributed by atoms with van der Waals surface area (Å²) in [6, 6.07) is 7.59. The highest BCUT2D eigenvalue weighted by atomic mass is 16.5. The highest BCUT2D eigenvalue weighted by Gasteiger charge is 2.46. The summed E-state index contributed by atoms with van der Waals surface area (Å²) >= 11 is 0. The van der Waals surface area contributed by atoms with Crippen molar-refractivity contribution < 1.29 is 24.2 Å². The van der Waals surface area contributed by atoms with E-state index in [9.17, 15) is 14.7 Å². The van der Waals surface area contributed by atoms with Gasteiger partial charge in [-0.05, 0) is 24.5 Å². The molecule has 0 aliphatic carbocycles. The predicted molar refractivity (Wildman–Crippen MR) is 84.5 cm³/mol. The number of carboxylic acids is 1. The fraction of sp³-hybridized carbons (Fsp3) is 0.529. The molecule has 1 aromatic carbocycles. The van der Waals surface area contributed by atoms with Crippen LogP contribution in [0.25, 0.3) is 0 Å². The third-order valence-electron chi connectivity index (χ3n) is 4.29. The Morgan fingerprint density at radius 2 is 2.09 bits per heavy atom. The molecule has 1 saturated heterocycles. The molecule has 1 aromatic rings. The van der Waals surface area contributed by atoms with E-state index in [1.165, 1.54) is 7.11 Å². The fourth-order valence-corrected chi connectivity index (χ4v) is 2.88. The van der Waals surface area contributed by atoms with Crippen molar-refractivity contribution in [1.82, 2.24) is 4.90 Å². The lowest BCUT2D eigenvalue weighted by Gasteiger charge is -2.23. The van der Waals surface area contributed by atoms with E-state index >= 15 is 0 Å². The van der Waals surface area contributed by atoms with Crippen molar-refractivity contribution in [2.45, 2.75) is 19.8 Å². The maximum absolute atomic E-state index is 12.3. The fourth-order valence-electron chi connectivity index (χ4n) is 2.88. The van der Waals surface area contributed by atoms with Gasteiger partial charge in [-0.2, -0.15) is 0 Å². The van der Waals surface area contributed by atoms with Crippen LogP contribution in [0, 0.1) is 5.41 Å². The number of methoxy groups -OCH3 is 1. The number of carbonyl (C=O) groups is 2. The average molecular weight is 321 g/mol. The summed E-state index contributed by atoms with van der Waals surface area (Å²) < 4.78 is 10.6. The first-order valence-electron chi connectivity index (χ1n) is 7.73. The van der Waals surface area contributed by atoms with Crippen molar-refractivity contribution in [3.05, 3.63) is 29.8 Å². The molecule has 1 amide bonds. The number of carboxylic acid groups (broad SMARTS) is 1. The molecule has 1 aliphatic heterocycles. The Kier molecular flexibility index (Phi) is 5.60. The summed E-state index contributed by atoms with van der Waals surface area (Å²) in [5, 5.41) is 9.42. The number of ether oxygens (including phenoxy) is 2. The topological polar surface area (TPSA) is 76.1 Å². The van der Waals surface area contributed by atoms with Crippen LogP contribution in [-0.4, -0.2) is 55.3 Å². The molecule has 6 heteroatoms. The lowest BCUT2D eigenvalue weighted by molar-refractivity contribution is -0.151. The molecule has 0 saturated carbocycles. The van der Waals surface area contributed by atoms with Gasteiger partial charge in [0.1, 0.15) is 11.2 Å². The van der Waals surface area contributed by atoms with Crippen molar-refractivity contribution in [1.29, 1.82) is 0 Å². The van der Waals surface area contributed by atoms with Gasteiger partial charge in [-0.15, -0.1) is 0 Å². The van der Waals surface area contributed by atoms with Gasteiger partial charge in [0.25, 0.3) is 5.91 Å². The number of hydrogen-bond acceptors (Lipinski definition) is 4. The van der Waals surface area contributed by atoms with Crippen molar-refractivity contribution >= 4 is 11.9 Å². The molecular weight excluding hydrogens is 298 g/mol. The van der Waals surface area contributed by atoms with E-state index in [-0.39, 0.29) is 25.7 Å². The average Bonchev–Trinajstić information content (AvgIpc) is 2.99. The van der Waals surface area contributed by atoms with E-state index in [0.29, 0.717) is 18.7 Å². The van der Waals surface area contributed by atoms with Gasteiger partial charge in [0, 0.05) is 20.2 Å². The summed E-state index contributed by atoms with van der Waals surface area (Å²) in [6.07, 6.45) is 1.22. The second kappa shape index (κ2) is 7.46. The van der Waals surface area contributed by atoms with Crippen LogP contribution in [0.15, 0.2) is 24.3 Å². The molecule has 1 N–H and O–H groups in total. The van der Waals surface area contributed by atoms with Gasteiger partial charge < -0.3 is 19.5 Å². The van der Waals surface area contributed by atoms with Gasteiger partial charge in [0.15, 0.2) is 6.61 Å². The van der Waals surface area contributed by atoms with Gasteiger partial charge >= 0.3 is 5.97 Å². The second-order valence-corrected chi connectivity index (χ2v) is 5.83. The van der Waals surface area contributed by atoms with Crippen molar-refractivity contribution in [3.63, 3.8) is 0 Å². The maximum Gasteiger partial charge on any atom is 0.313 e. The number of para-hydroxylation sites is 1. The van der Waals surface area contributed by atoms with Crippen LogP contribution in [0.4, 0.5) is 0 Å². The monoisotopic (exact) mass is 321 g/mol. The molecule has 6 nitrogen and oxygen atoms in total. The van der Waals surface area contributed by atoms with Crippen LogP contribution in [0.1, 0.15) is 18.9 Å². The van der Waals surface area contributed by atoms with Gasteiger partial charge in [-0.3, -0.25) is 9.59 Å². The molecule has 0 spiro atoms. The summed E-state index contributed by atoms with van der Waals surface area (Å²) in [5.74, 6) is -0.425. The Bertz CT molecular complexity index is 574. The van der Waals surface area contributed by atoms with Crippen LogP contribution in [-0.2, 0) is 20.7 Å². The van der Waals surface area contributed by atoms with E-state index in [4.69, 9.17) is 9.47 Å². The van der Waals surface area contributed by atoms with E-state index in [2.05, 4.69) is 0 Å². The molecule has 126 valence electrons. The van der Waals surface area contributed by atoms with E-state index in [1.807, 2.05) is 31.2 Å². The van der Waals surface area contributed by atoms with E-state index in [0.717, 1.165) is 12.0 Å². The van der Waals surface area contributed by atoms with Gasteiger partial charge in [0.05, 0.1) is 6.61 Å². The van der Waals surface area contributed by atoms with Crippen molar-refractivity contribution in [2.75, 3.05) is 33.4 Å². The Balaban J connectivity index is 1.96. The Morgan fingerprint density at radius 1 is 1.35 bits per heavy atom. The van der Waals surface area contributed by atoms with Gasteiger partial charge in [0.2, 0.25) is 0 Å². The van der Waals surface area contributed by atoms with E-state index < -0.39 is 11.4 Å². The zero-order valence-electron chi connectivity index (χ0n) is 13.6. The number of nitrogens with zero attached hydrogens (tertiary/aromatic N) is 1. The number of aliphatic carboxylic acids is 1. The highest BCUT2D eigenvalue weighted by molar-refractivity contribution is 5.81. The second-order valence-electron chi connectivity index (χ2n) is 5.83. The minimum atomic E-state index is -1.01. The number of amides is 1. The quantitative estimate of drug-likeness (QED) is 0.825. The van der Waals surface area contributed by atoms with Crippen LogP contribution in [0.5, 0.6) is 5.75 Å². The van der Waals surface area contributed by atoms with Gasteiger partial charge in [-0.25, -0.2) is 0 Å². The van der Waals surface area contributed by atoms with Crippen molar-refractivity contribution in [2.24, 2.45) is 5.41 Å². The number of benzene rings is 1. The first-order valence-corrected chi connectivity index (χ1v) is 7.73. The summed E-state index contributed by atoms with van der Waals surface area (Å²) in [7, 11) is 1.47. The van der Waals surface area contributed by atoms with Crippen LogP contribution in [0.2, 0.25) is 0 Å². The molecule has 23 heavy (non-hydrogen) atoms. The molecule has 0 aromatic heterocycles. The Hall–Kier alpha value is -2.08. The minimum Gasteiger partial charge on any atom is -0.483 e. The highest BCUT2D eigenvalue weighted by Crippen LogP contribution is 2.31. The zero-order valence-corrected chi connectivity index (χ0v) is 13.6. The number of rotatable bonds is 7. The largest absolute Gasteiger partial charge is 0.483 e. The lowest BCUT2D eigenvalue weighted by atomic mass is 9.88. The summed E-state index contributed by atoms with van der Waals surface area (Å²) in [4.78, 5) is 25.3. The molecule has 1 atom stereocenters. The summed E-state index contributed by atoms with van der Waals surface area (Å²) in [6.45, 7) is 2.61. The molecule has 0 bridgehead atoms. The van der Waals surface area contributed by atoms with Gasteiger partial charge in [-0.1, -0.05) is 25.1 Å². The van der Waals surface area contributed by atoms with Crippen molar-refractivity contribution in [3.8, 4) is 5.75 Å². The molecule has 1 aliphatic rings.